The topological polar surface area (TPSA) is 385 Å². The number of aromatic nitrogens is 16. The second-order valence-corrected chi connectivity index (χ2v) is 22.8. The number of ether oxygens (including phenoxy) is 7. The van der Waals surface area contributed by atoms with Crippen molar-refractivity contribution in [2.75, 3.05) is 68.1 Å². The first kappa shape index (κ1) is 82.0. The quantitative estimate of drug-likeness (QED) is 0.0225. The molecule has 2 amide bonds. The molecule has 3 atom stereocenters. The highest BCUT2D eigenvalue weighted by Crippen LogP contribution is 2.27. The van der Waals surface area contributed by atoms with Crippen LogP contribution in [0, 0.1) is 35.1 Å². The molecule has 31 nitrogen and oxygen atoms in total. The number of alkyl halides is 1. The van der Waals surface area contributed by atoms with Gasteiger partial charge in [0.05, 0.1) is 94.9 Å². The fourth-order valence-corrected chi connectivity index (χ4v) is 9.32. The summed E-state index contributed by atoms with van der Waals surface area (Å²) in [7, 11) is 3.69. The number of carbonyl (C=O) groups excluding carboxylic acids is 5. The van der Waals surface area contributed by atoms with E-state index in [4.69, 9.17) is 86.7 Å². The molecular formula is C61H80Cl5FN19O12-. The maximum absolute atomic E-state index is 12.5. The molecule has 0 aliphatic carbocycles. The molecule has 0 fully saturated rings. The summed E-state index contributed by atoms with van der Waals surface area (Å²) in [5.41, 5.74) is 13.0. The van der Waals surface area contributed by atoms with Crippen LogP contribution in [0.2, 0.25) is 21.1 Å². The Hall–Kier alpha value is -8.47. The molecule has 5 N–H and O–H groups in total. The van der Waals surface area contributed by atoms with Crippen LogP contribution >= 0.6 is 58.8 Å². The van der Waals surface area contributed by atoms with Crippen LogP contribution in [0.4, 0.5) is 9.18 Å². The van der Waals surface area contributed by atoms with Crippen LogP contribution in [0.5, 0.6) is 0 Å². The summed E-state index contributed by atoms with van der Waals surface area (Å²) in [6.07, 6.45) is 12.5. The Bertz CT molecular complexity index is 3950. The number of methoxy groups -OCH3 is 3. The zero-order valence-electron chi connectivity index (χ0n) is 57.4. The largest absolute Gasteiger partial charge is 0.460 e. The predicted molar refractivity (Wildman–Crippen MR) is 365 cm³/mol. The number of nitrogens with two attached hydrogens (primary N) is 1. The molecule has 8 aromatic rings. The highest BCUT2D eigenvalue weighted by molar-refractivity contribution is 6.29. The molecule has 37 heteroatoms. The van der Waals surface area contributed by atoms with Gasteiger partial charge in [0, 0.05) is 90.4 Å². The number of halogens is 6. The van der Waals surface area contributed by atoms with Crippen LogP contribution in [0.1, 0.15) is 108 Å². The van der Waals surface area contributed by atoms with Gasteiger partial charge in [-0.25, -0.2) is 79.0 Å². The number of hydrogen-bond donors (Lipinski definition) is 4. The number of hydrogen-bond acceptors (Lipinski definition) is 25. The van der Waals surface area contributed by atoms with Crippen LogP contribution in [-0.4, -0.2) is 200 Å². The molecule has 0 aromatic carbocycles. The predicted octanol–water partition coefficient (Wildman–Crippen LogP) is 8.99. The van der Waals surface area contributed by atoms with Crippen LogP contribution in [0.25, 0.3) is 45.6 Å². The lowest BCUT2D eigenvalue weighted by atomic mass is 10.2. The number of amides is 2. The lowest BCUT2D eigenvalue weighted by Crippen LogP contribution is -2.46. The molecule has 0 bridgehead atoms. The Morgan fingerprint density at radius 3 is 1.52 bits per heavy atom. The molecule has 1 aliphatic rings. The third kappa shape index (κ3) is 24.5. The van der Waals surface area contributed by atoms with E-state index in [1.807, 2.05) is 38.5 Å². The maximum Gasteiger partial charge on any atom is 0.408 e. The molecule has 9 rings (SSSR count). The van der Waals surface area contributed by atoms with Crippen molar-refractivity contribution in [3.05, 3.63) is 124 Å². The van der Waals surface area contributed by atoms with Crippen molar-refractivity contribution in [3.8, 4) is 45.6 Å². The number of fused-ring (bicyclic) bond motifs is 1. The highest BCUT2D eigenvalue weighted by atomic mass is 35.5. The van der Waals surface area contributed by atoms with Crippen LogP contribution < -0.4 is 16.4 Å². The number of H-pyrrole nitrogens is 1. The number of nitrogens with one attached hydrogen (secondary N) is 3. The van der Waals surface area contributed by atoms with Crippen molar-refractivity contribution in [1.29, 1.82) is 0 Å². The van der Waals surface area contributed by atoms with E-state index in [0.717, 1.165) is 22.3 Å². The maximum atomic E-state index is 12.5. The lowest BCUT2D eigenvalue weighted by Gasteiger charge is -2.23. The van der Waals surface area contributed by atoms with Crippen molar-refractivity contribution in [3.63, 3.8) is 0 Å². The van der Waals surface area contributed by atoms with E-state index < -0.39 is 42.8 Å². The van der Waals surface area contributed by atoms with Gasteiger partial charge in [-0.1, -0.05) is 0 Å². The van der Waals surface area contributed by atoms with Crippen molar-refractivity contribution in [2.24, 2.45) is 5.73 Å². The van der Waals surface area contributed by atoms with E-state index in [0.29, 0.717) is 84.3 Å². The molecule has 1 aliphatic heterocycles. The van der Waals surface area contributed by atoms with Crippen molar-refractivity contribution >= 4 is 88.7 Å². The third-order valence-corrected chi connectivity index (χ3v) is 13.4. The summed E-state index contributed by atoms with van der Waals surface area (Å²) in [6.45, 7) is 20.7. The normalized spacial score (nSPS) is 12.7. The van der Waals surface area contributed by atoms with E-state index in [-0.39, 0.29) is 103 Å². The molecule has 9 heterocycles. The fourth-order valence-electron chi connectivity index (χ4n) is 8.78. The van der Waals surface area contributed by atoms with E-state index in [9.17, 15) is 28.4 Å². The standard InChI is InChI=1S/C20H28ClN5O5.C15H20ClN5O3.C13H14ClN5O2.C11H11ClN4O2.CH3F.CH3.ClH/c1-7-30-17(27)16-24-14(15-12(2)8-22-18(21)25-15)10-26(16)9-13(11-29-6)23-19(28)31-20(3,4)5;1-4-24-14(22)13-19-11(7-21(13)6-10(17)8-23-3)12-9(2)5-18-15(16)20-12;1-7-3-15-13(14)18-10(7)9-5-19-4-8(6-21-2)16-12(20)11(19)17-9;1-3-18-10(17)9-13-5-7(15-9)8-6(2)4-14-11(12)16-8;1-2;;/h8,10,13H,7,9,11H2,1-6H3,(H,23,28);5,7,10H,4,6,8,17H2,1-3H3;3,5,8H,4,6H2,1-2H3,(H,16,20);4-5H,3H2,1-2H3,(H,13,15);1H3;1H3;1H/q;;;;;-1;/t13-;10-;8-;;;;/m111..../s1/i;;;;1D;;. The van der Waals surface area contributed by atoms with E-state index in [1.165, 1.54) is 13.3 Å². The Kier molecular flexibility index (Phi) is 33.8. The van der Waals surface area contributed by atoms with Crippen molar-refractivity contribution < 1.29 is 62.9 Å². The second-order valence-electron chi connectivity index (χ2n) is 21.4. The first-order chi connectivity index (χ1) is 46.1. The van der Waals surface area contributed by atoms with Crippen LogP contribution in [-0.2, 0) is 52.8 Å². The number of carbonyl (C=O) groups is 5. The average Bonchev–Trinajstić information content (AvgIpc) is 1.67. The van der Waals surface area contributed by atoms with Crippen LogP contribution in [0.15, 0.2) is 49.6 Å². The smallest absolute Gasteiger partial charge is 0.408 e. The molecule has 534 valence electrons. The van der Waals surface area contributed by atoms with Gasteiger partial charge in [0.15, 0.2) is 5.82 Å². The van der Waals surface area contributed by atoms with E-state index >= 15 is 0 Å². The molecule has 0 saturated heterocycles. The number of imidazole rings is 4. The Balaban J connectivity index is 0.000000342. The van der Waals surface area contributed by atoms with Gasteiger partial charge in [-0.15, -0.1) is 12.4 Å². The fraction of sp³-hybridized carbons (Fsp3) is 0.443. The Morgan fingerprint density at radius 1 is 0.653 bits per heavy atom. The zero-order chi connectivity index (χ0) is 71.7. The molecule has 98 heavy (non-hydrogen) atoms. The Morgan fingerprint density at radius 2 is 1.08 bits per heavy atom. The van der Waals surface area contributed by atoms with Gasteiger partial charge in [-0.05, 0) is 138 Å². The molecule has 0 saturated carbocycles. The molecule has 0 spiro atoms. The number of aryl methyl sites for hydroxylation is 4. The minimum Gasteiger partial charge on any atom is -0.460 e. The van der Waals surface area contributed by atoms with Gasteiger partial charge < -0.3 is 75.6 Å². The van der Waals surface area contributed by atoms with Crippen LogP contribution in [0.3, 0.4) is 0 Å². The zero-order valence-corrected chi connectivity index (χ0v) is 60.2. The number of rotatable bonds is 21. The number of esters is 3. The average molecular weight is 1470 g/mol. The van der Waals surface area contributed by atoms with Gasteiger partial charge in [0.25, 0.3) is 5.91 Å². The molecule has 0 unspecified atom stereocenters. The summed E-state index contributed by atoms with van der Waals surface area (Å²) in [4.78, 5) is 113. The monoisotopic (exact) mass is 1470 g/mol. The Labute approximate surface area is 593 Å². The number of alkyl carbamates (subject to hydrolysis) is 1. The molecule has 0 radical (unpaired) electrons. The van der Waals surface area contributed by atoms with Gasteiger partial charge in [-0.3, -0.25) is 9.18 Å². The van der Waals surface area contributed by atoms with Crippen molar-refractivity contribution in [2.45, 2.75) is 113 Å². The lowest BCUT2D eigenvalue weighted by molar-refractivity contribution is 0.0453. The second kappa shape index (κ2) is 40.4. The third-order valence-electron chi connectivity index (χ3n) is 12.7. The summed E-state index contributed by atoms with van der Waals surface area (Å²) < 4.78 is 56.2. The van der Waals surface area contributed by atoms with E-state index in [2.05, 4.69) is 75.4 Å². The first-order valence-corrected chi connectivity index (χ1v) is 30.8. The summed E-state index contributed by atoms with van der Waals surface area (Å²) in [6, 6.07) is -0.849. The van der Waals surface area contributed by atoms with Gasteiger partial charge in [0.2, 0.25) is 38.6 Å². The van der Waals surface area contributed by atoms with Gasteiger partial charge in [-0.2, -0.15) is 0 Å². The van der Waals surface area contributed by atoms with Gasteiger partial charge >= 0.3 is 24.0 Å². The molecule has 8 aromatic heterocycles. The number of nitrogens with zero attached hydrogens (tertiary/aromatic N) is 15. The number of aromatic amines is 1. The van der Waals surface area contributed by atoms with Crippen molar-refractivity contribution in [1.82, 2.24) is 89.1 Å². The van der Waals surface area contributed by atoms with E-state index in [1.54, 1.807) is 102 Å². The summed E-state index contributed by atoms with van der Waals surface area (Å²) in [5, 5.41) is 6.09. The molecular weight excluding hydrogens is 1390 g/mol. The SMILES string of the molecule is CCOC(=O)c1nc(-c2nc(Cl)ncc2C)cn1C[C@@H](N)COC.CCOC(=O)c1nc(-c2nc(Cl)ncc2C)cn1C[C@H](COC)NC(=O)OC(C)(C)C.CCOC(=O)c1ncc(-c2nc(Cl)ncc2C)[nH]1.COC[C@H]1Cn2cc(-c3nc(Cl)ncc3C)nc2C(=O)N1.Cl.[2H]CF.[CH3-]. The summed E-state index contributed by atoms with van der Waals surface area (Å²) >= 11 is 23.4. The summed E-state index contributed by atoms with van der Waals surface area (Å²) in [5.74, 6) is -1.10. The van der Waals surface area contributed by atoms with Gasteiger partial charge in [0.1, 0.15) is 22.7 Å². The first-order valence-electron chi connectivity index (χ1n) is 30.0. The minimum atomic E-state index is -1.00. The minimum absolute atomic E-state index is 0. The highest BCUT2D eigenvalue weighted by Gasteiger charge is 2.29.